The van der Waals surface area contributed by atoms with Crippen LogP contribution in [0.3, 0.4) is 0 Å². The van der Waals surface area contributed by atoms with Crippen LogP contribution in [0.5, 0.6) is 0 Å². The third-order valence-corrected chi connectivity index (χ3v) is 9.41. The summed E-state index contributed by atoms with van der Waals surface area (Å²) in [5.41, 5.74) is -4.23. The Bertz CT molecular complexity index is 879. The van der Waals surface area contributed by atoms with Crippen LogP contribution in [0.2, 0.25) is 0 Å². The number of ether oxygens (including phenoxy) is 2. The van der Waals surface area contributed by atoms with Crippen molar-refractivity contribution >= 4 is 24.1 Å². The van der Waals surface area contributed by atoms with Crippen molar-refractivity contribution in [2.75, 3.05) is 40.4 Å². The van der Waals surface area contributed by atoms with E-state index >= 15 is 0 Å². The molecule has 2 aliphatic heterocycles. The lowest BCUT2D eigenvalue weighted by Crippen LogP contribution is -2.69. The standard InChI is InChI=1S/C29H52N4O8/c1-25(2)15-19(16-26(3,4)32(25)11-13-40-23(38)30-9)29(21(34)35,22(36)37)20-17-27(5,6)33(28(7,8)18-20)12-14-41-24(39)31-10/h19-20H,11-18H2,1-10H3,(H,30,38)(H,31,39)(H,34,35)(H,36,37). The van der Waals surface area contributed by atoms with Gasteiger partial charge >= 0.3 is 24.1 Å². The molecule has 4 N–H and O–H groups in total. The van der Waals surface area contributed by atoms with Gasteiger partial charge in [0.25, 0.3) is 0 Å². The lowest BCUT2D eigenvalue weighted by Gasteiger charge is -2.61. The number of likely N-dealkylation sites (tertiary alicyclic amines) is 2. The van der Waals surface area contributed by atoms with Crippen molar-refractivity contribution in [3.63, 3.8) is 0 Å². The van der Waals surface area contributed by atoms with Gasteiger partial charge in [0.1, 0.15) is 13.2 Å². The van der Waals surface area contributed by atoms with Crippen molar-refractivity contribution in [1.82, 2.24) is 20.4 Å². The molecule has 0 saturated carbocycles. The van der Waals surface area contributed by atoms with Crippen LogP contribution in [0.25, 0.3) is 0 Å². The lowest BCUT2D eigenvalue weighted by atomic mass is 9.53. The second kappa shape index (κ2) is 12.3. The highest BCUT2D eigenvalue weighted by atomic mass is 16.6. The molecule has 41 heavy (non-hydrogen) atoms. The number of nitrogens with one attached hydrogen (secondary N) is 2. The first-order valence-electron chi connectivity index (χ1n) is 14.4. The molecule has 0 unspecified atom stereocenters. The molecular formula is C29H52N4O8. The van der Waals surface area contributed by atoms with Gasteiger partial charge in [0.15, 0.2) is 5.41 Å². The van der Waals surface area contributed by atoms with E-state index in [1.54, 1.807) is 0 Å². The van der Waals surface area contributed by atoms with E-state index in [2.05, 4.69) is 20.4 Å². The summed E-state index contributed by atoms with van der Waals surface area (Å²) in [6.45, 7) is 17.2. The van der Waals surface area contributed by atoms with Crippen LogP contribution in [0.1, 0.15) is 81.1 Å². The second-order valence-corrected chi connectivity index (χ2v) is 14.0. The second-order valence-electron chi connectivity index (χ2n) is 14.0. The van der Waals surface area contributed by atoms with Crippen molar-refractivity contribution < 1.29 is 38.9 Å². The molecule has 2 saturated heterocycles. The molecule has 0 spiro atoms. The quantitative estimate of drug-likeness (QED) is 0.281. The maximum Gasteiger partial charge on any atom is 0.406 e. The van der Waals surface area contributed by atoms with Gasteiger partial charge in [0, 0.05) is 49.3 Å². The first kappa shape index (κ1) is 34.6. The number of nitrogens with zero attached hydrogens (tertiary/aromatic N) is 2. The highest BCUT2D eigenvalue weighted by Gasteiger charge is 2.65. The number of amides is 2. The summed E-state index contributed by atoms with van der Waals surface area (Å²) in [7, 11) is 2.98. The number of piperidine rings is 2. The van der Waals surface area contributed by atoms with Crippen molar-refractivity contribution in [2.45, 2.75) is 103 Å². The molecule has 12 heteroatoms. The number of hydrogen-bond donors (Lipinski definition) is 4. The largest absolute Gasteiger partial charge is 0.480 e. The van der Waals surface area contributed by atoms with Crippen LogP contribution < -0.4 is 10.6 Å². The number of carbonyl (C=O) groups is 4. The van der Waals surface area contributed by atoms with Gasteiger partial charge in [-0.25, -0.2) is 9.59 Å². The maximum atomic E-state index is 13.3. The number of carboxylic acid groups (broad SMARTS) is 2. The van der Waals surface area contributed by atoms with E-state index < -0.39 is 63.5 Å². The fraction of sp³-hybridized carbons (Fsp3) is 0.862. The van der Waals surface area contributed by atoms with Crippen molar-refractivity contribution in [3.05, 3.63) is 0 Å². The molecule has 2 amide bonds. The number of hydrogen-bond acceptors (Lipinski definition) is 8. The molecule has 2 aliphatic rings. The van der Waals surface area contributed by atoms with Gasteiger partial charge < -0.3 is 30.3 Å². The fourth-order valence-electron chi connectivity index (χ4n) is 8.22. The number of rotatable bonds is 10. The number of alkyl carbamates (subject to hydrolysis) is 2. The predicted molar refractivity (Wildman–Crippen MR) is 154 cm³/mol. The predicted octanol–water partition coefficient (Wildman–Crippen LogP) is 3.39. The monoisotopic (exact) mass is 584 g/mol. The average molecular weight is 585 g/mol. The molecule has 0 radical (unpaired) electrons. The minimum atomic E-state index is -2.00. The van der Waals surface area contributed by atoms with E-state index in [-0.39, 0.29) is 13.2 Å². The Morgan fingerprint density at radius 2 is 0.927 bits per heavy atom. The van der Waals surface area contributed by atoms with Crippen molar-refractivity contribution in [1.29, 1.82) is 0 Å². The number of carboxylic acids is 2. The minimum Gasteiger partial charge on any atom is -0.480 e. The lowest BCUT2D eigenvalue weighted by molar-refractivity contribution is -0.192. The Kier molecular flexibility index (Phi) is 10.4. The van der Waals surface area contributed by atoms with Gasteiger partial charge in [-0.3, -0.25) is 19.4 Å². The highest BCUT2D eigenvalue weighted by molar-refractivity contribution is 5.99. The molecule has 2 fully saturated rings. The van der Waals surface area contributed by atoms with Gasteiger partial charge in [-0.2, -0.15) is 0 Å². The van der Waals surface area contributed by atoms with E-state index in [0.717, 1.165) is 0 Å². The molecule has 0 aromatic carbocycles. The van der Waals surface area contributed by atoms with Crippen LogP contribution >= 0.6 is 0 Å². The summed E-state index contributed by atoms with van der Waals surface area (Å²) in [6, 6.07) is 0. The Morgan fingerprint density at radius 1 is 0.659 bits per heavy atom. The molecule has 0 aromatic rings. The molecule has 0 bridgehead atoms. The Balaban J connectivity index is 2.45. The molecular weight excluding hydrogens is 532 g/mol. The highest BCUT2D eigenvalue weighted by Crippen LogP contribution is 2.56. The topological polar surface area (TPSA) is 158 Å². The zero-order chi connectivity index (χ0) is 31.6. The van der Waals surface area contributed by atoms with Crippen LogP contribution in [-0.4, -0.2) is 107 Å². The maximum absolute atomic E-state index is 13.3. The first-order chi connectivity index (χ1) is 18.7. The van der Waals surface area contributed by atoms with Crippen molar-refractivity contribution in [3.8, 4) is 0 Å². The first-order valence-corrected chi connectivity index (χ1v) is 14.4. The minimum absolute atomic E-state index is 0.157. The van der Waals surface area contributed by atoms with E-state index in [4.69, 9.17) is 9.47 Å². The van der Waals surface area contributed by atoms with Crippen molar-refractivity contribution in [2.24, 2.45) is 17.3 Å². The summed E-state index contributed by atoms with van der Waals surface area (Å²) >= 11 is 0. The zero-order valence-electron chi connectivity index (χ0n) is 26.5. The SMILES string of the molecule is CNC(=O)OCCN1C(C)(C)CC(C(C(=O)O)(C(=O)O)C2CC(C)(C)N(CCOC(=O)NC)C(C)(C)C2)CC1(C)C. The summed E-state index contributed by atoms with van der Waals surface area (Å²) in [4.78, 5) is 54.2. The normalized spacial score (nSPS) is 22.9. The van der Waals surface area contributed by atoms with E-state index in [1.807, 2.05) is 55.4 Å². The summed E-state index contributed by atoms with van der Waals surface area (Å²) in [5, 5.41) is 26.5. The molecule has 0 aliphatic carbocycles. The smallest absolute Gasteiger partial charge is 0.406 e. The van der Waals surface area contributed by atoms with Gasteiger partial charge in [-0.15, -0.1) is 0 Å². The Morgan fingerprint density at radius 3 is 1.15 bits per heavy atom. The van der Waals surface area contributed by atoms with Crippen LogP contribution in [0, 0.1) is 17.3 Å². The number of carbonyl (C=O) groups excluding carboxylic acids is 2. The molecule has 2 heterocycles. The third-order valence-electron chi connectivity index (χ3n) is 9.41. The van der Waals surface area contributed by atoms with Gasteiger partial charge in [-0.05, 0) is 92.9 Å². The molecule has 2 rings (SSSR count). The van der Waals surface area contributed by atoms with E-state index in [1.165, 1.54) is 14.1 Å². The van der Waals surface area contributed by atoms with E-state index in [9.17, 15) is 29.4 Å². The van der Waals surface area contributed by atoms with Gasteiger partial charge in [0.05, 0.1) is 0 Å². The van der Waals surface area contributed by atoms with Crippen LogP contribution in [0.4, 0.5) is 9.59 Å². The Labute approximate surface area is 244 Å². The number of aliphatic carboxylic acids is 2. The van der Waals surface area contributed by atoms with Gasteiger partial charge in [0.2, 0.25) is 0 Å². The third kappa shape index (κ3) is 7.07. The molecule has 12 nitrogen and oxygen atoms in total. The molecule has 0 atom stereocenters. The van der Waals surface area contributed by atoms with Crippen LogP contribution in [0.15, 0.2) is 0 Å². The molecule has 0 aromatic heterocycles. The fourth-order valence-corrected chi connectivity index (χ4v) is 8.22. The zero-order valence-corrected chi connectivity index (χ0v) is 26.5. The molecule has 236 valence electrons. The summed E-state index contributed by atoms with van der Waals surface area (Å²) < 4.78 is 10.5. The summed E-state index contributed by atoms with van der Waals surface area (Å²) in [5.74, 6) is -3.88. The summed E-state index contributed by atoms with van der Waals surface area (Å²) in [6.07, 6.45) is 0.379. The van der Waals surface area contributed by atoms with Gasteiger partial charge in [-0.1, -0.05) is 0 Å². The Hall–Kier alpha value is -2.60. The van der Waals surface area contributed by atoms with E-state index in [0.29, 0.717) is 38.8 Å². The average Bonchev–Trinajstić information content (AvgIpc) is 2.80. The van der Waals surface area contributed by atoms with Crippen LogP contribution in [-0.2, 0) is 19.1 Å².